The number of anilines is 2. The van der Waals surface area contributed by atoms with Crippen LogP contribution in [0.1, 0.15) is 95.7 Å². The Morgan fingerprint density at radius 2 is 1.61 bits per heavy atom. The maximum atomic E-state index is 13.5. The number of carbonyl (C=O) groups is 5. The zero-order chi connectivity index (χ0) is 48.4. The Morgan fingerprint density at radius 1 is 0.969 bits per heavy atom. The van der Waals surface area contributed by atoms with Gasteiger partial charge in [-0.2, -0.15) is 13.5 Å². The summed E-state index contributed by atoms with van der Waals surface area (Å²) in [5.41, 5.74) is -2.71. The molecule has 22 nitrogen and oxygen atoms in total. The smallest absolute Gasteiger partial charge is 0.418 e. The molecule has 1 aromatic carbocycles. The van der Waals surface area contributed by atoms with Crippen molar-refractivity contribution in [1.29, 1.82) is 0 Å². The Morgan fingerprint density at radius 3 is 2.16 bits per heavy atom. The second kappa shape index (κ2) is 21.5. The third-order valence-corrected chi connectivity index (χ3v) is 9.96. The van der Waals surface area contributed by atoms with Crippen molar-refractivity contribution in [2.24, 2.45) is 5.16 Å². The Labute approximate surface area is 380 Å². The van der Waals surface area contributed by atoms with Gasteiger partial charge in [-0.1, -0.05) is 30.3 Å². The number of β-lactam (4-membered cyclic amide) rings is 1. The molecule has 2 aromatic heterocycles. The van der Waals surface area contributed by atoms with E-state index >= 15 is 0 Å². The molecule has 0 spiro atoms. The van der Waals surface area contributed by atoms with Crippen LogP contribution >= 0.6 is 22.7 Å². The van der Waals surface area contributed by atoms with E-state index in [2.05, 4.69) is 40.1 Å². The van der Waals surface area contributed by atoms with E-state index < -0.39 is 51.1 Å². The van der Waals surface area contributed by atoms with Gasteiger partial charge in [-0.3, -0.25) is 24.3 Å². The molecule has 64 heavy (non-hydrogen) atoms. The predicted octanol–water partition coefficient (Wildman–Crippen LogP) is 5.75. The molecule has 2 aliphatic rings. The van der Waals surface area contributed by atoms with Gasteiger partial charge >= 0.3 is 22.6 Å². The normalized spacial score (nSPS) is 16.4. The summed E-state index contributed by atoms with van der Waals surface area (Å²) in [6, 6.07) is 4.11. The average molecular weight is 959 g/mol. The van der Waals surface area contributed by atoms with E-state index in [0.717, 1.165) is 21.6 Å². The average Bonchev–Trinajstić information content (AvgIpc) is 3.77. The van der Waals surface area contributed by atoms with Crippen LogP contribution in [0.25, 0.3) is 10.2 Å². The zero-order valence-electron chi connectivity index (χ0n) is 38.1. The van der Waals surface area contributed by atoms with Gasteiger partial charge in [-0.15, -0.1) is 15.6 Å². The highest BCUT2D eigenvalue weighted by Crippen LogP contribution is 2.33. The molecular weight excluding hydrogens is 901 g/mol. The van der Waals surface area contributed by atoms with E-state index in [1.54, 1.807) is 37.8 Å². The highest BCUT2D eigenvalue weighted by molar-refractivity contribution is 7.80. The fourth-order valence-corrected chi connectivity index (χ4v) is 7.29. The molecular formula is C39H58N8O14S3. The first-order valence-electron chi connectivity index (χ1n) is 19.9. The Bertz CT molecular complexity index is 2250. The van der Waals surface area contributed by atoms with Crippen molar-refractivity contribution < 1.29 is 65.0 Å². The lowest BCUT2D eigenvalue weighted by Gasteiger charge is -2.50. The van der Waals surface area contributed by atoms with Crippen LogP contribution in [0.3, 0.4) is 0 Å². The van der Waals surface area contributed by atoms with E-state index in [4.69, 9.17) is 23.6 Å². The zero-order valence-corrected chi connectivity index (χ0v) is 40.5. The van der Waals surface area contributed by atoms with E-state index in [0.29, 0.717) is 35.5 Å². The van der Waals surface area contributed by atoms with E-state index in [1.165, 1.54) is 30.6 Å². The summed E-state index contributed by atoms with van der Waals surface area (Å²) in [6.45, 7) is 24.1. The summed E-state index contributed by atoms with van der Waals surface area (Å²) in [5, 5.41) is 14.8. The molecule has 4 N–H and O–H groups in total. The first-order chi connectivity index (χ1) is 29.5. The number of nitrogens with one attached hydrogen (secondary N) is 3. The molecule has 0 bridgehead atoms. The van der Waals surface area contributed by atoms with Crippen LogP contribution in [0.5, 0.6) is 5.75 Å². The predicted molar refractivity (Wildman–Crippen MR) is 239 cm³/mol. The first kappa shape index (κ1) is 53.0. The number of aromatic nitrogens is 2. The summed E-state index contributed by atoms with van der Waals surface area (Å²) in [7, 11) is -5.01. The van der Waals surface area contributed by atoms with Crippen molar-refractivity contribution >= 4 is 89.7 Å². The standard InChI is InChI=1S/C32H42N8O12S3.C5H10O2.C2H6/c1-30(2,3)50-28(43)37-26-35-20(16-53-26)22(24(41)36-23-25(42)40(32(23,7)8)52-55(45,46)47)38-49-12-11-48-18-9-10-19-21(13-18)54-27(34-19)33-17-14-39(15-17)29(44)51-31(4,5)6;1-5(2,3)7-4-6;1-2/h9-10,13,16-17,23H,11-12,14-15H2,1-8H3,(H,33,34)(H,36,41)(H,35,37,43)(H,45,46,47);4H,1-3H3;1-2H3/b38-22-;;. The molecule has 5 rings (SSSR count). The van der Waals surface area contributed by atoms with Crippen molar-refractivity contribution in [2.45, 2.75) is 124 Å². The summed E-state index contributed by atoms with van der Waals surface area (Å²) in [6.07, 6.45) is -1.13. The Balaban J connectivity index is 0.00000110. The number of hydroxylamine groups is 2. The van der Waals surface area contributed by atoms with Gasteiger partial charge in [0.05, 0.1) is 21.8 Å². The van der Waals surface area contributed by atoms with E-state index in [9.17, 15) is 32.4 Å². The number of amides is 4. The fraction of sp³-hybridized carbons (Fsp3) is 0.590. The lowest BCUT2D eigenvalue weighted by Crippen LogP contribution is -2.76. The number of thiazole rings is 2. The largest absolute Gasteiger partial charge is 0.490 e. The maximum absolute atomic E-state index is 13.5. The molecule has 0 saturated carbocycles. The Kier molecular flexibility index (Phi) is 17.8. The van der Waals surface area contributed by atoms with Gasteiger partial charge in [0, 0.05) is 18.5 Å². The summed E-state index contributed by atoms with van der Waals surface area (Å²) in [4.78, 5) is 76.1. The van der Waals surface area contributed by atoms with Crippen LogP contribution < -0.4 is 20.7 Å². The third kappa shape index (κ3) is 16.3. The molecule has 4 amide bonds. The van der Waals surface area contributed by atoms with Crippen LogP contribution in [0.4, 0.5) is 19.9 Å². The van der Waals surface area contributed by atoms with Gasteiger partial charge in [0.1, 0.15) is 40.9 Å². The number of ether oxygens (including phenoxy) is 4. The monoisotopic (exact) mass is 958 g/mol. The summed E-state index contributed by atoms with van der Waals surface area (Å²) < 4.78 is 57.7. The number of hydrogen-bond acceptors (Lipinski definition) is 19. The van der Waals surface area contributed by atoms with Crippen molar-refractivity contribution in [2.75, 3.05) is 36.9 Å². The van der Waals surface area contributed by atoms with Gasteiger partial charge in [0.2, 0.25) is 0 Å². The van der Waals surface area contributed by atoms with Gasteiger partial charge in [-0.25, -0.2) is 19.6 Å². The van der Waals surface area contributed by atoms with E-state index in [1.807, 2.05) is 61.5 Å². The number of rotatable bonds is 14. The van der Waals surface area contributed by atoms with Crippen LogP contribution in [-0.4, -0.2) is 130 Å². The molecule has 3 aromatic rings. The van der Waals surface area contributed by atoms with Gasteiger partial charge in [-0.05, 0) is 94.4 Å². The van der Waals surface area contributed by atoms with Crippen molar-refractivity contribution in [3.63, 3.8) is 0 Å². The van der Waals surface area contributed by atoms with Crippen LogP contribution in [0, 0.1) is 0 Å². The highest BCUT2D eigenvalue weighted by atomic mass is 32.3. The minimum atomic E-state index is -5.01. The molecule has 0 aliphatic carbocycles. The number of likely N-dealkylation sites (tertiary alicyclic amines) is 1. The molecule has 2 aliphatic heterocycles. The number of fused-ring (bicyclic) bond motifs is 1. The van der Waals surface area contributed by atoms with Crippen molar-refractivity contribution in [3.8, 4) is 5.75 Å². The molecule has 356 valence electrons. The molecule has 25 heteroatoms. The van der Waals surface area contributed by atoms with Gasteiger partial charge in [0.15, 0.2) is 22.6 Å². The first-order valence-corrected chi connectivity index (χ1v) is 23.0. The number of benzene rings is 1. The SMILES string of the molecule is CC.CC(C)(C)OC(=O)Nc1nc(/C(=N/OCCOc2ccc3nc(NC4CN(C(=O)OC(C)(C)C)C4)sc3c2)C(=O)NC2C(=O)N(OS(=O)(=O)O)C2(C)C)cs1.CC(C)(C)OC=O. The lowest BCUT2D eigenvalue weighted by atomic mass is 9.84. The fourth-order valence-electron chi connectivity index (χ4n) is 5.18. The van der Waals surface area contributed by atoms with Crippen LogP contribution in [-0.2, 0) is 48.1 Å². The Hall–Kier alpha value is -5.37. The van der Waals surface area contributed by atoms with Crippen molar-refractivity contribution in [1.82, 2.24) is 25.2 Å². The lowest BCUT2D eigenvalue weighted by molar-refractivity contribution is -0.218. The van der Waals surface area contributed by atoms with Crippen LogP contribution in [0.2, 0.25) is 0 Å². The molecule has 1 atom stereocenters. The molecule has 2 fully saturated rings. The molecule has 4 heterocycles. The minimum Gasteiger partial charge on any atom is -0.490 e. The maximum Gasteiger partial charge on any atom is 0.418 e. The molecule has 0 radical (unpaired) electrons. The molecule has 1 unspecified atom stereocenters. The summed E-state index contributed by atoms with van der Waals surface area (Å²) >= 11 is 2.39. The minimum absolute atomic E-state index is 0.00891. The highest BCUT2D eigenvalue weighted by Gasteiger charge is 2.58. The number of carbonyl (C=O) groups excluding carboxylic acids is 5. The second-order valence-corrected chi connectivity index (χ2v) is 20.1. The topological polar surface area (TPSA) is 276 Å². The van der Waals surface area contributed by atoms with E-state index in [-0.39, 0.29) is 47.5 Å². The number of nitrogens with zero attached hydrogens (tertiary/aromatic N) is 5. The van der Waals surface area contributed by atoms with Crippen LogP contribution in [0.15, 0.2) is 28.7 Å². The van der Waals surface area contributed by atoms with Gasteiger partial charge in [0.25, 0.3) is 18.3 Å². The number of oxime groups is 1. The van der Waals surface area contributed by atoms with Crippen molar-refractivity contribution in [3.05, 3.63) is 29.3 Å². The summed E-state index contributed by atoms with van der Waals surface area (Å²) in [5.74, 6) is -1.36. The quantitative estimate of drug-likeness (QED) is 0.0284. The molecule has 2 saturated heterocycles. The number of hydrogen-bond donors (Lipinski definition) is 4. The second-order valence-electron chi connectivity index (χ2n) is 17.2. The van der Waals surface area contributed by atoms with Gasteiger partial charge < -0.3 is 39.3 Å². The third-order valence-electron chi connectivity index (χ3n) is 7.91.